The summed E-state index contributed by atoms with van der Waals surface area (Å²) in [6.07, 6.45) is 4.55. The third kappa shape index (κ3) is 4.54. The molecule has 0 aliphatic heterocycles. The zero-order chi connectivity index (χ0) is 15.6. The summed E-state index contributed by atoms with van der Waals surface area (Å²) in [7, 11) is 4.22. The first-order valence-corrected chi connectivity index (χ1v) is 8.68. The number of nitrogens with zero attached hydrogens (tertiary/aromatic N) is 3. The SMILES string of the molecule is CN(C)CCn1ncc(Br)c1C1CCC1CNC(C)(C)C. The minimum absolute atomic E-state index is 0.197. The van der Waals surface area contributed by atoms with E-state index in [1.807, 2.05) is 6.20 Å². The lowest BCUT2D eigenvalue weighted by molar-refractivity contribution is 0.213. The Kier molecular flexibility index (Phi) is 5.49. The fourth-order valence-electron chi connectivity index (χ4n) is 2.82. The number of rotatable bonds is 6. The van der Waals surface area contributed by atoms with Crippen LogP contribution >= 0.6 is 15.9 Å². The van der Waals surface area contributed by atoms with Gasteiger partial charge in [0.2, 0.25) is 0 Å². The molecule has 0 aromatic carbocycles. The molecule has 0 spiro atoms. The van der Waals surface area contributed by atoms with Crippen molar-refractivity contribution in [3.63, 3.8) is 0 Å². The van der Waals surface area contributed by atoms with Crippen molar-refractivity contribution in [1.82, 2.24) is 20.0 Å². The molecule has 4 nitrogen and oxygen atoms in total. The van der Waals surface area contributed by atoms with Crippen LogP contribution in [0, 0.1) is 5.92 Å². The van der Waals surface area contributed by atoms with E-state index in [9.17, 15) is 0 Å². The predicted molar refractivity (Wildman–Crippen MR) is 91.7 cm³/mol. The molecule has 2 rings (SSSR count). The monoisotopic (exact) mass is 356 g/mol. The van der Waals surface area contributed by atoms with E-state index < -0.39 is 0 Å². The number of aromatic nitrogens is 2. The van der Waals surface area contributed by atoms with Gasteiger partial charge in [-0.05, 0) is 76.1 Å². The van der Waals surface area contributed by atoms with Gasteiger partial charge < -0.3 is 10.2 Å². The summed E-state index contributed by atoms with van der Waals surface area (Å²) in [6, 6.07) is 0. The van der Waals surface area contributed by atoms with Gasteiger partial charge in [0, 0.05) is 18.0 Å². The maximum absolute atomic E-state index is 4.56. The van der Waals surface area contributed by atoms with Crippen LogP contribution in [-0.2, 0) is 6.54 Å². The van der Waals surface area contributed by atoms with Gasteiger partial charge in [0.05, 0.1) is 22.9 Å². The van der Waals surface area contributed by atoms with E-state index >= 15 is 0 Å². The van der Waals surface area contributed by atoms with Crippen molar-refractivity contribution < 1.29 is 0 Å². The van der Waals surface area contributed by atoms with Crippen molar-refractivity contribution in [2.45, 2.75) is 51.6 Å². The van der Waals surface area contributed by atoms with Gasteiger partial charge in [-0.25, -0.2) is 0 Å². The van der Waals surface area contributed by atoms with Crippen LogP contribution in [0.5, 0.6) is 0 Å². The fourth-order valence-corrected chi connectivity index (χ4v) is 3.41. The lowest BCUT2D eigenvalue weighted by atomic mass is 9.71. The molecule has 0 bridgehead atoms. The Morgan fingerprint density at radius 1 is 1.38 bits per heavy atom. The number of hydrogen-bond donors (Lipinski definition) is 1. The summed E-state index contributed by atoms with van der Waals surface area (Å²) < 4.78 is 3.37. The molecule has 1 aliphatic rings. The highest BCUT2D eigenvalue weighted by atomic mass is 79.9. The smallest absolute Gasteiger partial charge is 0.0635 e. The maximum Gasteiger partial charge on any atom is 0.0635 e. The van der Waals surface area contributed by atoms with Gasteiger partial charge in [0.25, 0.3) is 0 Å². The highest BCUT2D eigenvalue weighted by Crippen LogP contribution is 2.44. The summed E-state index contributed by atoms with van der Waals surface area (Å²) in [4.78, 5) is 2.21. The third-order valence-corrected chi connectivity index (χ3v) is 4.87. The summed E-state index contributed by atoms with van der Waals surface area (Å²) in [5.41, 5.74) is 1.59. The maximum atomic E-state index is 4.56. The Balaban J connectivity index is 2.02. The van der Waals surface area contributed by atoms with Crippen LogP contribution in [0.25, 0.3) is 0 Å². The molecule has 5 heteroatoms. The summed E-state index contributed by atoms with van der Waals surface area (Å²) in [5, 5.41) is 8.21. The van der Waals surface area contributed by atoms with Crippen LogP contribution in [-0.4, -0.2) is 47.4 Å². The molecule has 1 heterocycles. The largest absolute Gasteiger partial charge is 0.312 e. The fraction of sp³-hybridized carbons (Fsp3) is 0.812. The van der Waals surface area contributed by atoms with Crippen molar-refractivity contribution in [2.75, 3.05) is 27.2 Å². The molecule has 0 amide bonds. The van der Waals surface area contributed by atoms with Crippen molar-refractivity contribution >= 4 is 15.9 Å². The lowest BCUT2D eigenvalue weighted by Crippen LogP contribution is -2.43. The van der Waals surface area contributed by atoms with Crippen molar-refractivity contribution in [1.29, 1.82) is 0 Å². The molecule has 1 aliphatic carbocycles. The normalized spacial score (nSPS) is 22.6. The van der Waals surface area contributed by atoms with Crippen molar-refractivity contribution in [2.24, 2.45) is 5.92 Å². The Bertz CT molecular complexity index is 461. The van der Waals surface area contributed by atoms with Gasteiger partial charge in [-0.2, -0.15) is 5.10 Å². The minimum Gasteiger partial charge on any atom is -0.312 e. The molecule has 0 saturated heterocycles. The zero-order valence-corrected chi connectivity index (χ0v) is 15.6. The molecule has 2 unspecified atom stereocenters. The van der Waals surface area contributed by atoms with Gasteiger partial charge >= 0.3 is 0 Å². The van der Waals surface area contributed by atoms with E-state index in [1.165, 1.54) is 23.0 Å². The van der Waals surface area contributed by atoms with Crippen LogP contribution in [0.1, 0.15) is 45.2 Å². The van der Waals surface area contributed by atoms with Gasteiger partial charge in [-0.15, -0.1) is 0 Å². The van der Waals surface area contributed by atoms with Crippen LogP contribution in [0.4, 0.5) is 0 Å². The Morgan fingerprint density at radius 3 is 2.62 bits per heavy atom. The van der Waals surface area contributed by atoms with Crippen LogP contribution in [0.15, 0.2) is 10.7 Å². The highest BCUT2D eigenvalue weighted by molar-refractivity contribution is 9.10. The number of hydrogen-bond acceptors (Lipinski definition) is 3. The van der Waals surface area contributed by atoms with Crippen LogP contribution in [0.2, 0.25) is 0 Å². The predicted octanol–water partition coefficient (Wildman–Crippen LogP) is 3.09. The molecular formula is C16H29BrN4. The average Bonchev–Trinajstić information content (AvgIpc) is 2.66. The minimum atomic E-state index is 0.197. The van der Waals surface area contributed by atoms with E-state index in [0.29, 0.717) is 5.92 Å². The topological polar surface area (TPSA) is 33.1 Å². The first-order chi connectivity index (χ1) is 9.78. The second-order valence-electron chi connectivity index (χ2n) is 7.48. The standard InChI is InChI=1S/C16H29BrN4/c1-16(2,3)18-10-12-6-7-13(12)15-14(17)11-19-21(15)9-8-20(4)5/h11-13,18H,6-10H2,1-5H3. The molecular weight excluding hydrogens is 328 g/mol. The number of halogens is 1. The molecule has 1 aromatic heterocycles. The summed E-state index contributed by atoms with van der Waals surface area (Å²) >= 11 is 3.70. The summed E-state index contributed by atoms with van der Waals surface area (Å²) in [5.74, 6) is 1.37. The number of likely N-dealkylation sites (N-methyl/N-ethyl adjacent to an activating group) is 1. The van der Waals surface area contributed by atoms with Crippen LogP contribution in [0.3, 0.4) is 0 Å². The van der Waals surface area contributed by atoms with Crippen molar-refractivity contribution in [3.8, 4) is 0 Å². The quantitative estimate of drug-likeness (QED) is 0.849. The molecule has 0 radical (unpaired) electrons. The first kappa shape index (κ1) is 17.0. The lowest BCUT2D eigenvalue weighted by Gasteiger charge is -2.39. The van der Waals surface area contributed by atoms with Crippen molar-refractivity contribution in [3.05, 3.63) is 16.4 Å². The Morgan fingerprint density at radius 2 is 2.10 bits per heavy atom. The van der Waals surface area contributed by atoms with E-state index in [1.54, 1.807) is 0 Å². The van der Waals surface area contributed by atoms with Gasteiger partial charge in [0.15, 0.2) is 0 Å². The first-order valence-electron chi connectivity index (χ1n) is 7.89. The van der Waals surface area contributed by atoms with E-state index in [0.717, 1.165) is 25.6 Å². The second-order valence-corrected chi connectivity index (χ2v) is 8.33. The molecule has 1 N–H and O–H groups in total. The Labute approximate surface area is 137 Å². The van der Waals surface area contributed by atoms with Gasteiger partial charge in [0.1, 0.15) is 0 Å². The van der Waals surface area contributed by atoms with E-state index in [2.05, 4.69) is 70.8 Å². The van der Waals surface area contributed by atoms with E-state index in [-0.39, 0.29) is 5.54 Å². The van der Waals surface area contributed by atoms with Gasteiger partial charge in [-0.1, -0.05) is 0 Å². The second kappa shape index (κ2) is 6.80. The number of nitrogens with one attached hydrogen (secondary N) is 1. The van der Waals surface area contributed by atoms with Crippen LogP contribution < -0.4 is 5.32 Å². The molecule has 1 saturated carbocycles. The molecule has 120 valence electrons. The molecule has 21 heavy (non-hydrogen) atoms. The average molecular weight is 357 g/mol. The van der Waals surface area contributed by atoms with E-state index in [4.69, 9.17) is 0 Å². The third-order valence-electron chi connectivity index (χ3n) is 4.26. The molecule has 2 atom stereocenters. The molecule has 1 aromatic rings. The Hall–Kier alpha value is -0.390. The van der Waals surface area contributed by atoms with Gasteiger partial charge in [-0.3, -0.25) is 4.68 Å². The zero-order valence-electron chi connectivity index (χ0n) is 14.0. The summed E-state index contributed by atoms with van der Waals surface area (Å²) in [6.45, 7) is 9.79. The molecule has 1 fully saturated rings. The highest BCUT2D eigenvalue weighted by Gasteiger charge is 2.36.